The molecule has 0 heterocycles. The molecule has 0 aromatic heterocycles. The van der Waals surface area contributed by atoms with Crippen LogP contribution in [0.4, 0.5) is 0 Å². The zero-order valence-corrected chi connectivity index (χ0v) is 11.2. The third kappa shape index (κ3) is 3.83. The van der Waals surface area contributed by atoms with E-state index in [1.54, 1.807) is 18.2 Å². The van der Waals surface area contributed by atoms with E-state index in [1.165, 1.54) is 0 Å². The van der Waals surface area contributed by atoms with Crippen molar-refractivity contribution in [3.63, 3.8) is 0 Å². The van der Waals surface area contributed by atoms with Crippen LogP contribution in [0.15, 0.2) is 54.6 Å². The summed E-state index contributed by atoms with van der Waals surface area (Å²) in [6, 6.07) is 17.0. The number of halogens is 1. The van der Waals surface area contributed by atoms with Gasteiger partial charge < -0.3 is 5.11 Å². The van der Waals surface area contributed by atoms with Crippen LogP contribution in [0.5, 0.6) is 0 Å². The smallest absolute Gasteiger partial charge is 0.310 e. The maximum Gasteiger partial charge on any atom is 0.310 e. The van der Waals surface area contributed by atoms with Gasteiger partial charge in [-0.15, -0.1) is 0 Å². The standard InChI is InChI=1S/C16H15ClO2/c17-14-8-4-7-13(11-14)15(16(18)19)10-9-12-5-2-1-3-6-12/h1-8,11,15H,9-10H2,(H,18,19)/t15-/m1/s1. The highest BCUT2D eigenvalue weighted by Gasteiger charge is 2.19. The fourth-order valence-corrected chi connectivity index (χ4v) is 2.31. The first-order valence-electron chi connectivity index (χ1n) is 6.19. The topological polar surface area (TPSA) is 37.3 Å². The van der Waals surface area contributed by atoms with Crippen molar-refractivity contribution in [2.45, 2.75) is 18.8 Å². The van der Waals surface area contributed by atoms with E-state index in [0.29, 0.717) is 11.4 Å². The number of hydrogen-bond acceptors (Lipinski definition) is 1. The molecule has 19 heavy (non-hydrogen) atoms. The summed E-state index contributed by atoms with van der Waals surface area (Å²) in [7, 11) is 0. The first-order chi connectivity index (χ1) is 9.16. The molecule has 3 heteroatoms. The molecule has 1 atom stereocenters. The van der Waals surface area contributed by atoms with Crippen LogP contribution in [0.25, 0.3) is 0 Å². The first kappa shape index (κ1) is 13.6. The lowest BCUT2D eigenvalue weighted by Gasteiger charge is -2.13. The number of carboxylic acids is 1. The molecular weight excluding hydrogens is 260 g/mol. The van der Waals surface area contributed by atoms with Crippen LogP contribution in [0.3, 0.4) is 0 Å². The molecule has 0 radical (unpaired) electrons. The summed E-state index contributed by atoms with van der Waals surface area (Å²) < 4.78 is 0. The van der Waals surface area contributed by atoms with Gasteiger partial charge in [-0.3, -0.25) is 4.79 Å². The average molecular weight is 275 g/mol. The highest BCUT2D eigenvalue weighted by Crippen LogP contribution is 2.24. The number of carboxylic acid groups (broad SMARTS) is 1. The largest absolute Gasteiger partial charge is 0.481 e. The molecule has 2 aromatic rings. The Bertz CT molecular complexity index is 552. The fourth-order valence-electron chi connectivity index (χ4n) is 2.11. The molecule has 1 N–H and O–H groups in total. The van der Waals surface area contributed by atoms with Crippen molar-refractivity contribution < 1.29 is 9.90 Å². The Kier molecular flexibility index (Phi) is 4.58. The van der Waals surface area contributed by atoms with Gasteiger partial charge in [-0.05, 0) is 36.1 Å². The van der Waals surface area contributed by atoms with Crippen molar-refractivity contribution in [2.75, 3.05) is 0 Å². The summed E-state index contributed by atoms with van der Waals surface area (Å²) in [5, 5.41) is 9.93. The molecule has 0 saturated heterocycles. The number of aliphatic carboxylic acids is 1. The Morgan fingerprint density at radius 2 is 1.84 bits per heavy atom. The molecule has 2 nitrogen and oxygen atoms in total. The zero-order chi connectivity index (χ0) is 13.7. The maximum absolute atomic E-state index is 11.4. The number of aryl methyl sites for hydroxylation is 1. The first-order valence-corrected chi connectivity index (χ1v) is 6.57. The van der Waals surface area contributed by atoms with E-state index < -0.39 is 11.9 Å². The Hall–Kier alpha value is -1.80. The molecule has 2 aromatic carbocycles. The third-order valence-electron chi connectivity index (χ3n) is 3.11. The highest BCUT2D eigenvalue weighted by atomic mass is 35.5. The van der Waals surface area contributed by atoms with Crippen molar-refractivity contribution >= 4 is 17.6 Å². The van der Waals surface area contributed by atoms with Gasteiger partial charge in [0.15, 0.2) is 0 Å². The van der Waals surface area contributed by atoms with Gasteiger partial charge >= 0.3 is 5.97 Å². The predicted octanol–water partition coefficient (Wildman–Crippen LogP) is 4.14. The molecule has 0 spiro atoms. The molecule has 2 rings (SSSR count). The molecule has 0 aliphatic carbocycles. The second-order valence-electron chi connectivity index (χ2n) is 4.47. The monoisotopic (exact) mass is 274 g/mol. The number of rotatable bonds is 5. The van der Waals surface area contributed by atoms with Crippen molar-refractivity contribution in [1.82, 2.24) is 0 Å². The minimum absolute atomic E-state index is 0.515. The number of hydrogen-bond donors (Lipinski definition) is 1. The quantitative estimate of drug-likeness (QED) is 0.890. The molecule has 0 amide bonds. The van der Waals surface area contributed by atoms with E-state index in [9.17, 15) is 9.90 Å². The molecule has 0 unspecified atom stereocenters. The molecule has 0 aliphatic rings. The summed E-state index contributed by atoms with van der Waals surface area (Å²) >= 11 is 5.92. The average Bonchev–Trinajstić information content (AvgIpc) is 2.40. The third-order valence-corrected chi connectivity index (χ3v) is 3.35. The summed E-state index contributed by atoms with van der Waals surface area (Å²) in [4.78, 5) is 11.4. The van der Waals surface area contributed by atoms with Crippen LogP contribution in [0.2, 0.25) is 5.02 Å². The second-order valence-corrected chi connectivity index (χ2v) is 4.91. The minimum Gasteiger partial charge on any atom is -0.481 e. The van der Waals surface area contributed by atoms with Crippen LogP contribution in [0.1, 0.15) is 23.5 Å². The lowest BCUT2D eigenvalue weighted by molar-refractivity contribution is -0.138. The van der Waals surface area contributed by atoms with Gasteiger partial charge in [0.1, 0.15) is 0 Å². The van der Waals surface area contributed by atoms with Crippen LogP contribution < -0.4 is 0 Å². The van der Waals surface area contributed by atoms with E-state index >= 15 is 0 Å². The molecule has 0 fully saturated rings. The van der Waals surface area contributed by atoms with Crippen LogP contribution in [-0.4, -0.2) is 11.1 Å². The summed E-state index contributed by atoms with van der Waals surface area (Å²) in [6.45, 7) is 0. The Morgan fingerprint density at radius 3 is 2.47 bits per heavy atom. The molecule has 98 valence electrons. The zero-order valence-electron chi connectivity index (χ0n) is 10.4. The summed E-state index contributed by atoms with van der Waals surface area (Å²) in [6.07, 6.45) is 1.31. The normalized spacial score (nSPS) is 12.1. The van der Waals surface area contributed by atoms with Gasteiger partial charge in [0.25, 0.3) is 0 Å². The summed E-state index contributed by atoms with van der Waals surface area (Å²) in [5.74, 6) is -1.32. The van der Waals surface area contributed by atoms with Gasteiger partial charge in [0, 0.05) is 5.02 Å². The van der Waals surface area contributed by atoms with Gasteiger partial charge in [-0.25, -0.2) is 0 Å². The van der Waals surface area contributed by atoms with Crippen molar-refractivity contribution in [3.05, 3.63) is 70.7 Å². The minimum atomic E-state index is -0.807. The summed E-state index contributed by atoms with van der Waals surface area (Å²) in [5.41, 5.74) is 1.91. The molecule has 0 aliphatic heterocycles. The van der Waals surface area contributed by atoms with E-state index in [0.717, 1.165) is 17.5 Å². The SMILES string of the molecule is O=C(O)[C@H](CCc1ccccc1)c1cccc(Cl)c1. The van der Waals surface area contributed by atoms with E-state index in [1.807, 2.05) is 36.4 Å². The van der Waals surface area contributed by atoms with Gasteiger partial charge in [0.05, 0.1) is 5.92 Å². The highest BCUT2D eigenvalue weighted by molar-refractivity contribution is 6.30. The van der Waals surface area contributed by atoms with Gasteiger partial charge in [-0.2, -0.15) is 0 Å². The van der Waals surface area contributed by atoms with Gasteiger partial charge in [0.2, 0.25) is 0 Å². The molecular formula is C16H15ClO2. The van der Waals surface area contributed by atoms with E-state index in [-0.39, 0.29) is 0 Å². The Labute approximate surface area is 117 Å². The predicted molar refractivity (Wildman–Crippen MR) is 76.6 cm³/mol. The number of benzene rings is 2. The lowest BCUT2D eigenvalue weighted by Crippen LogP contribution is -2.12. The van der Waals surface area contributed by atoms with Crippen LogP contribution >= 0.6 is 11.6 Å². The van der Waals surface area contributed by atoms with E-state index in [2.05, 4.69) is 0 Å². The van der Waals surface area contributed by atoms with Crippen LogP contribution in [-0.2, 0) is 11.2 Å². The fraction of sp³-hybridized carbons (Fsp3) is 0.188. The molecule has 0 saturated carbocycles. The lowest BCUT2D eigenvalue weighted by atomic mass is 9.92. The van der Waals surface area contributed by atoms with Crippen molar-refractivity contribution in [3.8, 4) is 0 Å². The van der Waals surface area contributed by atoms with E-state index in [4.69, 9.17) is 11.6 Å². The Balaban J connectivity index is 2.11. The van der Waals surface area contributed by atoms with Crippen molar-refractivity contribution in [1.29, 1.82) is 0 Å². The molecule has 0 bridgehead atoms. The van der Waals surface area contributed by atoms with Crippen molar-refractivity contribution in [2.24, 2.45) is 0 Å². The second kappa shape index (κ2) is 6.39. The van der Waals surface area contributed by atoms with Crippen LogP contribution in [0, 0.1) is 0 Å². The van der Waals surface area contributed by atoms with Gasteiger partial charge in [-0.1, -0.05) is 54.1 Å². The Morgan fingerprint density at radius 1 is 1.11 bits per heavy atom. The maximum atomic E-state index is 11.4. The number of carbonyl (C=O) groups is 1.